The lowest BCUT2D eigenvalue weighted by Gasteiger charge is -2.26. The van der Waals surface area contributed by atoms with Crippen molar-refractivity contribution in [3.05, 3.63) is 23.8 Å². The van der Waals surface area contributed by atoms with Crippen LogP contribution in [0, 0.1) is 11.3 Å². The van der Waals surface area contributed by atoms with Crippen LogP contribution in [0.15, 0.2) is 18.2 Å². The van der Waals surface area contributed by atoms with Crippen LogP contribution >= 0.6 is 0 Å². The Balaban J connectivity index is 2.95. The average molecular weight is 304 g/mol. The minimum atomic E-state index is -0.880. The number of ether oxygens (including phenoxy) is 2. The molecule has 5 heteroatoms. The predicted octanol–water partition coefficient (Wildman–Crippen LogP) is 3.49. The van der Waals surface area contributed by atoms with Gasteiger partial charge in [0.05, 0.1) is 11.7 Å². The van der Waals surface area contributed by atoms with Crippen LogP contribution in [0.2, 0.25) is 0 Å². The Morgan fingerprint density at radius 2 is 2.14 bits per heavy atom. The number of hydrogen-bond donors (Lipinski definition) is 1. The van der Waals surface area contributed by atoms with E-state index in [0.717, 1.165) is 6.42 Å². The van der Waals surface area contributed by atoms with E-state index in [1.54, 1.807) is 25.1 Å². The Morgan fingerprint density at radius 3 is 2.64 bits per heavy atom. The number of nitrogens with zero attached hydrogens (tertiary/aromatic N) is 1. The van der Waals surface area contributed by atoms with Gasteiger partial charge in [-0.25, -0.2) is 0 Å². The molecule has 5 nitrogen and oxygen atoms in total. The molecule has 0 bridgehead atoms. The van der Waals surface area contributed by atoms with Gasteiger partial charge in [0, 0.05) is 12.8 Å². The van der Waals surface area contributed by atoms with E-state index in [0.29, 0.717) is 23.4 Å². The minimum Gasteiger partial charge on any atom is -0.490 e. The molecule has 0 saturated carbocycles. The van der Waals surface area contributed by atoms with Gasteiger partial charge in [-0.1, -0.05) is 13.3 Å². The number of rotatable bonds is 7. The highest BCUT2D eigenvalue weighted by molar-refractivity contribution is 5.97. The molecule has 1 unspecified atom stereocenters. The van der Waals surface area contributed by atoms with E-state index in [9.17, 15) is 10.1 Å². The number of amides is 1. The summed E-state index contributed by atoms with van der Waals surface area (Å²) in [6, 6.07) is 7.11. The number of benzene rings is 1. The first kappa shape index (κ1) is 18.0. The first-order chi connectivity index (χ1) is 10.4. The molecule has 22 heavy (non-hydrogen) atoms. The summed E-state index contributed by atoms with van der Waals surface area (Å²) in [4.78, 5) is 12.4. The average Bonchev–Trinajstić information content (AvgIpc) is 2.48. The Kier molecular flexibility index (Phi) is 6.39. The predicted molar refractivity (Wildman–Crippen MR) is 85.9 cm³/mol. The number of nitrogens with one attached hydrogen (secondary N) is 1. The molecule has 0 aliphatic carbocycles. The van der Waals surface area contributed by atoms with Crippen molar-refractivity contribution < 1.29 is 14.3 Å². The molecule has 1 amide bonds. The second-order valence-corrected chi connectivity index (χ2v) is 5.63. The van der Waals surface area contributed by atoms with Crippen molar-refractivity contribution in [2.24, 2.45) is 0 Å². The Bertz CT molecular complexity index is 564. The molecule has 1 aromatic rings. The van der Waals surface area contributed by atoms with Crippen molar-refractivity contribution in [1.29, 1.82) is 5.26 Å². The Hall–Kier alpha value is -2.06. The molecule has 0 spiro atoms. The fraction of sp³-hybridized carbons (Fsp3) is 0.529. The van der Waals surface area contributed by atoms with Crippen LogP contribution in [0.5, 0.6) is 5.75 Å². The smallest absolute Gasteiger partial charge is 0.256 e. The lowest BCUT2D eigenvalue weighted by molar-refractivity contribution is -0.136. The Morgan fingerprint density at radius 1 is 1.45 bits per heavy atom. The van der Waals surface area contributed by atoms with Crippen molar-refractivity contribution >= 4 is 11.6 Å². The van der Waals surface area contributed by atoms with Gasteiger partial charge in [0.1, 0.15) is 17.4 Å². The highest BCUT2D eigenvalue weighted by atomic mass is 16.5. The third-order valence-corrected chi connectivity index (χ3v) is 3.38. The molecule has 0 heterocycles. The highest BCUT2D eigenvalue weighted by Gasteiger charge is 2.32. The maximum Gasteiger partial charge on any atom is 0.256 e. The largest absolute Gasteiger partial charge is 0.490 e. The SMILES string of the molecule is CCCC(C)(OC)C(=O)Nc1ccc(OC(C)C)c(C#N)c1. The first-order valence-electron chi connectivity index (χ1n) is 7.43. The summed E-state index contributed by atoms with van der Waals surface area (Å²) in [7, 11) is 1.52. The summed E-state index contributed by atoms with van der Waals surface area (Å²) >= 11 is 0. The van der Waals surface area contributed by atoms with E-state index in [1.807, 2.05) is 20.8 Å². The van der Waals surface area contributed by atoms with Gasteiger partial charge < -0.3 is 14.8 Å². The summed E-state index contributed by atoms with van der Waals surface area (Å²) < 4.78 is 10.9. The fourth-order valence-electron chi connectivity index (χ4n) is 2.10. The Labute approximate surface area is 132 Å². The number of nitriles is 1. The molecule has 0 aliphatic heterocycles. The number of methoxy groups -OCH3 is 1. The number of carbonyl (C=O) groups is 1. The second-order valence-electron chi connectivity index (χ2n) is 5.63. The van der Waals surface area contributed by atoms with Crippen molar-refractivity contribution in [2.75, 3.05) is 12.4 Å². The van der Waals surface area contributed by atoms with Gasteiger partial charge in [0.2, 0.25) is 0 Å². The van der Waals surface area contributed by atoms with E-state index in [2.05, 4.69) is 11.4 Å². The number of carbonyl (C=O) groups excluding carboxylic acids is 1. The van der Waals surface area contributed by atoms with E-state index in [-0.39, 0.29) is 12.0 Å². The van der Waals surface area contributed by atoms with Crippen molar-refractivity contribution in [1.82, 2.24) is 0 Å². The van der Waals surface area contributed by atoms with Crippen molar-refractivity contribution in [3.63, 3.8) is 0 Å². The zero-order valence-electron chi connectivity index (χ0n) is 13.9. The van der Waals surface area contributed by atoms with Crippen molar-refractivity contribution in [2.45, 2.75) is 52.2 Å². The lowest BCUT2D eigenvalue weighted by Crippen LogP contribution is -2.41. The maximum atomic E-state index is 12.4. The van der Waals surface area contributed by atoms with E-state index in [4.69, 9.17) is 9.47 Å². The summed E-state index contributed by atoms with van der Waals surface area (Å²) in [6.45, 7) is 7.54. The molecular weight excluding hydrogens is 280 g/mol. The van der Waals surface area contributed by atoms with Gasteiger partial charge in [0.25, 0.3) is 5.91 Å². The van der Waals surface area contributed by atoms with Crippen LogP contribution < -0.4 is 10.1 Å². The molecule has 1 atom stereocenters. The fourth-order valence-corrected chi connectivity index (χ4v) is 2.10. The second kappa shape index (κ2) is 7.81. The molecule has 0 aliphatic rings. The zero-order chi connectivity index (χ0) is 16.8. The topological polar surface area (TPSA) is 71.3 Å². The quantitative estimate of drug-likeness (QED) is 0.837. The van der Waals surface area contributed by atoms with Gasteiger partial charge in [-0.15, -0.1) is 0 Å². The van der Waals surface area contributed by atoms with Crippen LogP contribution in [-0.4, -0.2) is 24.7 Å². The number of anilines is 1. The lowest BCUT2D eigenvalue weighted by atomic mass is 9.99. The summed E-state index contributed by atoms with van der Waals surface area (Å²) in [5.41, 5.74) is 0.0624. The van der Waals surface area contributed by atoms with Crippen molar-refractivity contribution in [3.8, 4) is 11.8 Å². The van der Waals surface area contributed by atoms with Gasteiger partial charge in [-0.05, 0) is 45.4 Å². The standard InChI is InChI=1S/C17H24N2O3/c1-6-9-17(4,21-5)16(20)19-14-7-8-15(22-12(2)3)13(10-14)11-18/h7-8,10,12H,6,9H2,1-5H3,(H,19,20). The molecule has 0 aromatic heterocycles. The summed E-state index contributed by atoms with van der Waals surface area (Å²) in [5, 5.41) is 12.0. The molecule has 1 N–H and O–H groups in total. The number of hydrogen-bond acceptors (Lipinski definition) is 4. The first-order valence-corrected chi connectivity index (χ1v) is 7.43. The third kappa shape index (κ3) is 4.47. The van der Waals surface area contributed by atoms with Gasteiger partial charge >= 0.3 is 0 Å². The van der Waals surface area contributed by atoms with E-state index >= 15 is 0 Å². The normalized spacial score (nSPS) is 13.3. The molecule has 120 valence electrons. The van der Waals surface area contributed by atoms with Crippen LogP contribution in [0.4, 0.5) is 5.69 Å². The van der Waals surface area contributed by atoms with E-state index < -0.39 is 5.60 Å². The van der Waals surface area contributed by atoms with Crippen LogP contribution in [0.3, 0.4) is 0 Å². The molecule has 0 fully saturated rings. The molecule has 0 saturated heterocycles. The van der Waals surface area contributed by atoms with Gasteiger partial charge in [-0.3, -0.25) is 4.79 Å². The summed E-state index contributed by atoms with van der Waals surface area (Å²) in [6.07, 6.45) is 1.44. The monoisotopic (exact) mass is 304 g/mol. The molecule has 1 aromatic carbocycles. The maximum absolute atomic E-state index is 12.4. The third-order valence-electron chi connectivity index (χ3n) is 3.38. The van der Waals surface area contributed by atoms with Gasteiger partial charge in [-0.2, -0.15) is 5.26 Å². The van der Waals surface area contributed by atoms with Crippen LogP contribution in [0.25, 0.3) is 0 Å². The van der Waals surface area contributed by atoms with Crippen LogP contribution in [-0.2, 0) is 9.53 Å². The molecule has 1 rings (SSSR count). The van der Waals surface area contributed by atoms with Gasteiger partial charge in [0.15, 0.2) is 0 Å². The highest BCUT2D eigenvalue weighted by Crippen LogP contribution is 2.25. The minimum absolute atomic E-state index is 0.0196. The van der Waals surface area contributed by atoms with Crippen LogP contribution in [0.1, 0.15) is 46.1 Å². The van der Waals surface area contributed by atoms with E-state index in [1.165, 1.54) is 7.11 Å². The zero-order valence-corrected chi connectivity index (χ0v) is 13.9. The molecular formula is C17H24N2O3. The molecule has 0 radical (unpaired) electrons. The summed E-state index contributed by atoms with van der Waals surface area (Å²) in [5.74, 6) is 0.289.